The first-order valence-electron chi connectivity index (χ1n) is 9.36. The summed E-state index contributed by atoms with van der Waals surface area (Å²) in [7, 11) is 0. The lowest BCUT2D eigenvalue weighted by molar-refractivity contribution is -0.384. The Hall–Kier alpha value is -3.19. The van der Waals surface area contributed by atoms with Gasteiger partial charge in [0.25, 0.3) is 5.69 Å². The number of rotatable bonds is 6. The van der Waals surface area contributed by atoms with Gasteiger partial charge in [-0.1, -0.05) is 31.2 Å². The number of benzene rings is 2. The van der Waals surface area contributed by atoms with Crippen molar-refractivity contribution < 1.29 is 9.72 Å². The van der Waals surface area contributed by atoms with Crippen molar-refractivity contribution in [1.82, 2.24) is 4.90 Å². The van der Waals surface area contributed by atoms with Crippen molar-refractivity contribution in [2.24, 2.45) is 0 Å². The van der Waals surface area contributed by atoms with E-state index in [9.17, 15) is 14.9 Å². The Kier molecular flexibility index (Phi) is 6.39. The smallest absolute Gasteiger partial charge is 0.270 e. The molecule has 0 atom stereocenters. The van der Waals surface area contributed by atoms with Crippen molar-refractivity contribution in [1.29, 1.82) is 0 Å². The van der Waals surface area contributed by atoms with E-state index in [0.717, 1.165) is 44.1 Å². The van der Waals surface area contributed by atoms with Crippen LogP contribution in [0, 0.1) is 10.1 Å². The predicted molar refractivity (Wildman–Crippen MR) is 112 cm³/mol. The number of carbonyl (C=O) groups excluding carboxylic acids is 1. The summed E-state index contributed by atoms with van der Waals surface area (Å²) in [5, 5.41) is 13.8. The average Bonchev–Trinajstić information content (AvgIpc) is 2.73. The van der Waals surface area contributed by atoms with Gasteiger partial charge in [0.2, 0.25) is 5.91 Å². The first-order chi connectivity index (χ1) is 13.6. The van der Waals surface area contributed by atoms with Gasteiger partial charge >= 0.3 is 0 Å². The van der Waals surface area contributed by atoms with Gasteiger partial charge in [0.15, 0.2) is 0 Å². The second-order valence-corrected chi connectivity index (χ2v) is 6.61. The number of nitro groups is 1. The fourth-order valence-electron chi connectivity index (χ4n) is 3.25. The van der Waals surface area contributed by atoms with E-state index in [0.29, 0.717) is 5.56 Å². The molecule has 0 saturated carbocycles. The number of non-ortho nitro benzene ring substituents is 1. The van der Waals surface area contributed by atoms with E-state index < -0.39 is 4.92 Å². The predicted octanol–water partition coefficient (Wildman–Crippen LogP) is 3.39. The van der Waals surface area contributed by atoms with Crippen LogP contribution in [-0.4, -0.2) is 48.5 Å². The monoisotopic (exact) mass is 380 g/mol. The molecule has 1 saturated heterocycles. The van der Waals surface area contributed by atoms with Gasteiger partial charge in [-0.05, 0) is 30.3 Å². The third kappa shape index (κ3) is 4.95. The Morgan fingerprint density at radius 1 is 1.14 bits per heavy atom. The highest BCUT2D eigenvalue weighted by Gasteiger charge is 2.18. The quantitative estimate of drug-likeness (QED) is 0.472. The van der Waals surface area contributed by atoms with E-state index >= 15 is 0 Å². The van der Waals surface area contributed by atoms with E-state index in [4.69, 9.17) is 0 Å². The molecule has 28 heavy (non-hydrogen) atoms. The van der Waals surface area contributed by atoms with Crippen molar-refractivity contribution in [2.45, 2.75) is 6.92 Å². The summed E-state index contributed by atoms with van der Waals surface area (Å²) in [6.45, 7) is 7.07. The Labute approximate surface area is 164 Å². The fourth-order valence-corrected chi connectivity index (χ4v) is 3.25. The highest BCUT2D eigenvalue weighted by atomic mass is 16.6. The molecule has 7 heteroatoms. The number of hydrogen-bond acceptors (Lipinski definition) is 5. The van der Waals surface area contributed by atoms with Gasteiger partial charge in [-0.25, -0.2) is 0 Å². The Balaban J connectivity index is 1.68. The number of nitro benzene ring substituents is 1. The zero-order valence-electron chi connectivity index (χ0n) is 15.9. The topological polar surface area (TPSA) is 78.7 Å². The minimum Gasteiger partial charge on any atom is -0.367 e. The molecule has 1 N–H and O–H groups in total. The molecular weight excluding hydrogens is 356 g/mol. The molecule has 1 amide bonds. The summed E-state index contributed by atoms with van der Waals surface area (Å²) in [6.07, 6.45) is 2.97. The van der Waals surface area contributed by atoms with Crippen LogP contribution in [0.4, 0.5) is 17.1 Å². The molecule has 7 nitrogen and oxygen atoms in total. The zero-order valence-corrected chi connectivity index (χ0v) is 15.9. The summed E-state index contributed by atoms with van der Waals surface area (Å²) in [6, 6.07) is 13.9. The second kappa shape index (κ2) is 9.14. The van der Waals surface area contributed by atoms with Gasteiger partial charge in [-0.3, -0.25) is 14.9 Å². The summed E-state index contributed by atoms with van der Waals surface area (Å²) >= 11 is 0. The molecule has 0 aromatic heterocycles. The maximum Gasteiger partial charge on any atom is 0.270 e. The third-order valence-corrected chi connectivity index (χ3v) is 4.83. The summed E-state index contributed by atoms with van der Waals surface area (Å²) in [5.41, 5.74) is 2.38. The molecule has 1 aliphatic rings. The molecule has 1 fully saturated rings. The number of piperazine rings is 1. The molecule has 146 valence electrons. The third-order valence-electron chi connectivity index (χ3n) is 4.83. The normalized spacial score (nSPS) is 15.0. The Morgan fingerprint density at radius 3 is 2.61 bits per heavy atom. The van der Waals surface area contributed by atoms with Crippen molar-refractivity contribution >= 4 is 29.0 Å². The molecule has 0 aliphatic carbocycles. The summed E-state index contributed by atoms with van der Waals surface area (Å²) in [5.74, 6) is -0.272. The largest absolute Gasteiger partial charge is 0.367 e. The van der Waals surface area contributed by atoms with Crippen molar-refractivity contribution in [2.75, 3.05) is 42.9 Å². The van der Waals surface area contributed by atoms with E-state index in [-0.39, 0.29) is 11.6 Å². The number of nitrogens with one attached hydrogen (secondary N) is 1. The van der Waals surface area contributed by atoms with Gasteiger partial charge in [-0.15, -0.1) is 0 Å². The van der Waals surface area contributed by atoms with Gasteiger partial charge in [-0.2, -0.15) is 0 Å². The maximum absolute atomic E-state index is 12.4. The fraction of sp³-hybridized carbons (Fsp3) is 0.286. The molecule has 2 aromatic rings. The van der Waals surface area contributed by atoms with Gasteiger partial charge < -0.3 is 15.1 Å². The van der Waals surface area contributed by atoms with Crippen LogP contribution in [0.1, 0.15) is 12.5 Å². The average molecular weight is 380 g/mol. The lowest BCUT2D eigenvalue weighted by atomic mass is 10.2. The number of nitrogens with zero attached hydrogens (tertiary/aromatic N) is 3. The Morgan fingerprint density at radius 2 is 1.89 bits per heavy atom. The summed E-state index contributed by atoms with van der Waals surface area (Å²) < 4.78 is 0. The van der Waals surface area contributed by atoms with Crippen LogP contribution in [0.15, 0.2) is 54.6 Å². The number of hydrogen-bond donors (Lipinski definition) is 1. The number of amides is 1. The standard InChI is InChI=1S/C21H24N4O3/c1-2-23-12-14-24(15-13-23)20-9-4-3-8-19(20)22-21(26)11-10-17-6-5-7-18(16-17)25(27)28/h3-11,16H,2,12-15H2,1H3,(H,22,26)/b11-10+. The van der Waals surface area contributed by atoms with Crippen LogP contribution in [0.5, 0.6) is 0 Å². The first-order valence-corrected chi connectivity index (χ1v) is 9.36. The van der Waals surface area contributed by atoms with E-state index in [2.05, 4.69) is 22.0 Å². The molecule has 0 radical (unpaired) electrons. The molecule has 2 aromatic carbocycles. The van der Waals surface area contributed by atoms with E-state index in [1.807, 2.05) is 24.3 Å². The number of para-hydroxylation sites is 2. The van der Waals surface area contributed by atoms with Gasteiger partial charge in [0.1, 0.15) is 0 Å². The zero-order chi connectivity index (χ0) is 19.9. The molecule has 0 bridgehead atoms. The van der Waals surface area contributed by atoms with Gasteiger partial charge in [0.05, 0.1) is 16.3 Å². The summed E-state index contributed by atoms with van der Waals surface area (Å²) in [4.78, 5) is 27.5. The van der Waals surface area contributed by atoms with E-state index in [1.165, 1.54) is 18.2 Å². The SMILES string of the molecule is CCN1CCN(c2ccccc2NC(=O)/C=C/c2cccc([N+](=O)[O-])c2)CC1. The molecule has 1 aliphatic heterocycles. The highest BCUT2D eigenvalue weighted by Crippen LogP contribution is 2.26. The van der Waals surface area contributed by atoms with Crippen LogP contribution in [0.3, 0.4) is 0 Å². The van der Waals surface area contributed by atoms with Crippen LogP contribution in [0.2, 0.25) is 0 Å². The van der Waals surface area contributed by atoms with E-state index in [1.54, 1.807) is 18.2 Å². The van der Waals surface area contributed by atoms with Crippen LogP contribution < -0.4 is 10.2 Å². The lowest BCUT2D eigenvalue weighted by Gasteiger charge is -2.36. The number of carbonyl (C=O) groups is 1. The molecular formula is C21H24N4O3. The lowest BCUT2D eigenvalue weighted by Crippen LogP contribution is -2.46. The van der Waals surface area contributed by atoms with Crippen molar-refractivity contribution in [3.05, 3.63) is 70.3 Å². The minimum absolute atomic E-state index is 0.000810. The van der Waals surface area contributed by atoms with Crippen molar-refractivity contribution in [3.63, 3.8) is 0 Å². The van der Waals surface area contributed by atoms with Gasteiger partial charge in [0, 0.05) is 44.4 Å². The highest BCUT2D eigenvalue weighted by molar-refractivity contribution is 6.03. The molecule has 0 unspecified atom stereocenters. The Bertz CT molecular complexity index is 873. The number of likely N-dealkylation sites (N-methyl/N-ethyl adjacent to an activating group) is 1. The minimum atomic E-state index is -0.452. The maximum atomic E-state index is 12.4. The van der Waals surface area contributed by atoms with Crippen LogP contribution in [0.25, 0.3) is 6.08 Å². The second-order valence-electron chi connectivity index (χ2n) is 6.61. The molecule has 0 spiro atoms. The number of anilines is 2. The first kappa shape index (κ1) is 19.6. The molecule has 3 rings (SSSR count). The van der Waals surface area contributed by atoms with Crippen LogP contribution in [-0.2, 0) is 4.79 Å². The van der Waals surface area contributed by atoms with Crippen molar-refractivity contribution in [3.8, 4) is 0 Å². The van der Waals surface area contributed by atoms with Crippen LogP contribution >= 0.6 is 0 Å². The molecule has 1 heterocycles.